The van der Waals surface area contributed by atoms with Crippen LogP contribution >= 0.6 is 0 Å². The fourth-order valence-electron chi connectivity index (χ4n) is 2.74. The van der Waals surface area contributed by atoms with Crippen molar-refractivity contribution in [3.63, 3.8) is 0 Å². The number of aromatic nitrogens is 2. The number of fused-ring (bicyclic) bond motifs is 1. The second kappa shape index (κ2) is 8.94. The van der Waals surface area contributed by atoms with Crippen LogP contribution in [-0.4, -0.2) is 40.4 Å². The number of rotatable bonds is 7. The van der Waals surface area contributed by atoms with Crippen molar-refractivity contribution in [1.29, 1.82) is 0 Å². The molecule has 7 nitrogen and oxygen atoms in total. The molecule has 2 aromatic carbocycles. The molecule has 0 fully saturated rings. The first-order chi connectivity index (χ1) is 13.5. The van der Waals surface area contributed by atoms with Crippen LogP contribution in [0.25, 0.3) is 10.9 Å². The zero-order valence-corrected chi connectivity index (χ0v) is 15.6. The van der Waals surface area contributed by atoms with E-state index in [1.165, 1.54) is 4.90 Å². The zero-order chi connectivity index (χ0) is 19.9. The summed E-state index contributed by atoms with van der Waals surface area (Å²) in [4.78, 5) is 44.6. The molecule has 1 heterocycles. The summed E-state index contributed by atoms with van der Waals surface area (Å²) in [6.07, 6.45) is 0.254. The van der Waals surface area contributed by atoms with Crippen molar-refractivity contribution in [3.8, 4) is 0 Å². The summed E-state index contributed by atoms with van der Waals surface area (Å²) in [6, 6.07) is 16.6. The van der Waals surface area contributed by atoms with Crippen LogP contribution in [0.3, 0.4) is 0 Å². The van der Waals surface area contributed by atoms with Gasteiger partial charge in [-0.25, -0.2) is 4.98 Å². The highest BCUT2D eigenvalue weighted by Crippen LogP contribution is 2.07. The van der Waals surface area contributed by atoms with E-state index >= 15 is 0 Å². The SMILES string of the molecule is CN(Cc1ccccc1)C(=O)COC(=O)CCc1nc2ccccc2c(=O)[nH]1. The van der Waals surface area contributed by atoms with Gasteiger partial charge < -0.3 is 14.6 Å². The van der Waals surface area contributed by atoms with Gasteiger partial charge in [0.2, 0.25) is 0 Å². The molecule has 7 heteroatoms. The normalized spacial score (nSPS) is 10.6. The lowest BCUT2D eigenvalue weighted by Gasteiger charge is -2.17. The van der Waals surface area contributed by atoms with Gasteiger partial charge in [0, 0.05) is 20.0 Å². The summed E-state index contributed by atoms with van der Waals surface area (Å²) in [5.41, 5.74) is 1.33. The van der Waals surface area contributed by atoms with E-state index in [-0.39, 0.29) is 30.9 Å². The van der Waals surface area contributed by atoms with Gasteiger partial charge in [-0.2, -0.15) is 0 Å². The van der Waals surface area contributed by atoms with E-state index in [4.69, 9.17) is 4.74 Å². The molecule has 3 aromatic rings. The molecule has 0 spiro atoms. The quantitative estimate of drug-likeness (QED) is 0.635. The van der Waals surface area contributed by atoms with Gasteiger partial charge in [-0.05, 0) is 17.7 Å². The van der Waals surface area contributed by atoms with Crippen LogP contribution in [0.5, 0.6) is 0 Å². The molecule has 0 bridgehead atoms. The summed E-state index contributed by atoms with van der Waals surface area (Å²) in [5.74, 6) is -0.389. The number of benzene rings is 2. The number of nitrogens with zero attached hydrogens (tertiary/aromatic N) is 2. The maximum absolute atomic E-state index is 12.1. The van der Waals surface area contributed by atoms with Crippen molar-refractivity contribution in [2.45, 2.75) is 19.4 Å². The Kier molecular flexibility index (Phi) is 6.16. The lowest BCUT2D eigenvalue weighted by molar-refractivity contribution is -0.151. The smallest absolute Gasteiger partial charge is 0.306 e. The van der Waals surface area contributed by atoms with Crippen molar-refractivity contribution >= 4 is 22.8 Å². The first-order valence-corrected chi connectivity index (χ1v) is 8.94. The molecule has 1 amide bonds. The molecule has 28 heavy (non-hydrogen) atoms. The summed E-state index contributed by atoms with van der Waals surface area (Å²) < 4.78 is 5.05. The monoisotopic (exact) mass is 379 g/mol. The number of amides is 1. The fourth-order valence-corrected chi connectivity index (χ4v) is 2.74. The number of para-hydroxylation sites is 1. The van der Waals surface area contributed by atoms with Crippen LogP contribution < -0.4 is 5.56 Å². The number of nitrogens with one attached hydrogen (secondary N) is 1. The van der Waals surface area contributed by atoms with E-state index in [9.17, 15) is 14.4 Å². The first-order valence-electron chi connectivity index (χ1n) is 8.94. The molecule has 0 aliphatic heterocycles. The summed E-state index contributed by atoms with van der Waals surface area (Å²) in [7, 11) is 1.66. The Morgan fingerprint density at radius 1 is 1.07 bits per heavy atom. The molecule has 0 unspecified atom stereocenters. The Morgan fingerprint density at radius 3 is 2.57 bits per heavy atom. The minimum atomic E-state index is -0.516. The maximum atomic E-state index is 12.1. The van der Waals surface area contributed by atoms with E-state index in [1.807, 2.05) is 30.3 Å². The number of hydrogen-bond acceptors (Lipinski definition) is 5. The third-order valence-electron chi connectivity index (χ3n) is 4.27. The number of carbonyl (C=O) groups is 2. The van der Waals surface area contributed by atoms with Gasteiger partial charge in [0.05, 0.1) is 17.3 Å². The third-order valence-corrected chi connectivity index (χ3v) is 4.27. The molecule has 0 saturated heterocycles. The standard InChI is InChI=1S/C21H21N3O4/c1-24(13-15-7-3-2-4-8-15)19(25)14-28-20(26)12-11-18-22-17-10-6-5-9-16(17)21(27)23-18/h2-10H,11-14H2,1H3,(H,22,23,27). The molecular weight excluding hydrogens is 358 g/mol. The zero-order valence-electron chi connectivity index (χ0n) is 15.6. The van der Waals surface area contributed by atoms with Gasteiger partial charge in [-0.1, -0.05) is 42.5 Å². The number of hydrogen-bond donors (Lipinski definition) is 1. The highest BCUT2D eigenvalue weighted by atomic mass is 16.5. The fraction of sp³-hybridized carbons (Fsp3) is 0.238. The summed E-state index contributed by atoms with van der Waals surface area (Å²) in [5, 5.41) is 0.501. The van der Waals surface area contributed by atoms with Crippen LogP contribution in [0.15, 0.2) is 59.4 Å². The van der Waals surface area contributed by atoms with Crippen molar-refractivity contribution in [1.82, 2.24) is 14.9 Å². The molecule has 0 radical (unpaired) electrons. The largest absolute Gasteiger partial charge is 0.456 e. The first kappa shape index (κ1) is 19.3. The number of ether oxygens (including phenoxy) is 1. The van der Waals surface area contributed by atoms with E-state index in [0.29, 0.717) is 23.3 Å². The number of likely N-dealkylation sites (N-methyl/N-ethyl adjacent to an activating group) is 1. The van der Waals surface area contributed by atoms with E-state index in [2.05, 4.69) is 9.97 Å². The van der Waals surface area contributed by atoms with Gasteiger partial charge >= 0.3 is 5.97 Å². The Labute approximate surface area is 162 Å². The van der Waals surface area contributed by atoms with Gasteiger partial charge in [-0.15, -0.1) is 0 Å². The van der Waals surface area contributed by atoms with Crippen molar-refractivity contribution < 1.29 is 14.3 Å². The summed E-state index contributed by atoms with van der Waals surface area (Å²) in [6.45, 7) is 0.128. The van der Waals surface area contributed by atoms with Gasteiger partial charge in [-0.3, -0.25) is 14.4 Å². The van der Waals surface area contributed by atoms with Crippen molar-refractivity contribution in [3.05, 3.63) is 76.3 Å². The molecule has 1 aromatic heterocycles. The molecule has 1 N–H and O–H groups in total. The Balaban J connectivity index is 1.48. The molecular formula is C21H21N3O4. The highest BCUT2D eigenvalue weighted by Gasteiger charge is 2.13. The number of H-pyrrole nitrogens is 1. The number of aryl methyl sites for hydroxylation is 1. The third kappa shape index (κ3) is 5.03. The van der Waals surface area contributed by atoms with Crippen molar-refractivity contribution in [2.24, 2.45) is 0 Å². The maximum Gasteiger partial charge on any atom is 0.306 e. The molecule has 0 aliphatic rings. The highest BCUT2D eigenvalue weighted by molar-refractivity contribution is 5.80. The number of aromatic amines is 1. The van der Waals surface area contributed by atoms with Crippen LogP contribution in [0, 0.1) is 0 Å². The molecule has 0 aliphatic carbocycles. The van der Waals surface area contributed by atoms with E-state index < -0.39 is 5.97 Å². The topological polar surface area (TPSA) is 92.4 Å². The Bertz CT molecular complexity index is 1030. The van der Waals surface area contributed by atoms with E-state index in [0.717, 1.165) is 5.56 Å². The molecule has 144 valence electrons. The lowest BCUT2D eigenvalue weighted by atomic mass is 10.2. The molecule has 0 atom stereocenters. The van der Waals surface area contributed by atoms with Gasteiger partial charge in [0.25, 0.3) is 11.5 Å². The summed E-state index contributed by atoms with van der Waals surface area (Å²) >= 11 is 0. The van der Waals surface area contributed by atoms with Crippen LogP contribution in [-0.2, 0) is 27.3 Å². The predicted octanol–water partition coefficient (Wildman–Crippen LogP) is 2.06. The van der Waals surface area contributed by atoms with Crippen LogP contribution in [0.2, 0.25) is 0 Å². The number of carbonyl (C=O) groups excluding carboxylic acids is 2. The number of esters is 1. The second-order valence-corrected chi connectivity index (χ2v) is 6.43. The molecule has 3 rings (SSSR count). The minimum absolute atomic E-state index is 0.0248. The van der Waals surface area contributed by atoms with Gasteiger partial charge in [0.15, 0.2) is 6.61 Å². The Hall–Kier alpha value is -3.48. The van der Waals surface area contributed by atoms with Crippen LogP contribution in [0.1, 0.15) is 17.8 Å². The predicted molar refractivity (Wildman–Crippen MR) is 105 cm³/mol. The average molecular weight is 379 g/mol. The lowest BCUT2D eigenvalue weighted by Crippen LogP contribution is -2.30. The second-order valence-electron chi connectivity index (χ2n) is 6.43. The van der Waals surface area contributed by atoms with Crippen LogP contribution in [0.4, 0.5) is 0 Å². The van der Waals surface area contributed by atoms with Gasteiger partial charge in [0.1, 0.15) is 5.82 Å². The average Bonchev–Trinajstić information content (AvgIpc) is 2.71. The molecule has 0 saturated carbocycles. The van der Waals surface area contributed by atoms with E-state index in [1.54, 1.807) is 31.3 Å². The minimum Gasteiger partial charge on any atom is -0.456 e. The Morgan fingerprint density at radius 2 is 1.79 bits per heavy atom. The van der Waals surface area contributed by atoms with Crippen molar-refractivity contribution in [2.75, 3.05) is 13.7 Å².